The predicted octanol–water partition coefficient (Wildman–Crippen LogP) is 7.10. The maximum Gasteiger partial charge on any atom is 0.407 e. The molecule has 13 nitrogen and oxygen atoms in total. The number of carbonyl (C=O) groups is 4. The van der Waals surface area contributed by atoms with Gasteiger partial charge in [-0.3, -0.25) is 19.4 Å². The Kier molecular flexibility index (Phi) is 12.5. The number of aromatic nitrogens is 2. The van der Waals surface area contributed by atoms with Crippen LogP contribution in [0, 0.1) is 17.8 Å². The highest BCUT2D eigenvalue weighted by Crippen LogP contribution is 2.38. The molecule has 8 rings (SSSR count). The molecule has 0 bridgehead atoms. The van der Waals surface area contributed by atoms with Crippen LogP contribution in [0.15, 0.2) is 96.3 Å². The van der Waals surface area contributed by atoms with Gasteiger partial charge in [0.25, 0.3) is 0 Å². The lowest BCUT2D eigenvalue weighted by Crippen LogP contribution is -2.53. The number of carbonyl (C=O) groups excluding carboxylic acids is 4. The Morgan fingerprint density at radius 3 is 2.16 bits per heavy atom. The number of nitrogens with one attached hydrogen (secondary N) is 3. The van der Waals surface area contributed by atoms with E-state index in [0.29, 0.717) is 38.4 Å². The zero-order chi connectivity index (χ0) is 42.6. The molecule has 5 atom stereocenters. The number of ether oxygens (including phenoxy) is 2. The average molecular weight is 826 g/mol. The number of rotatable bonds is 14. The van der Waals surface area contributed by atoms with Gasteiger partial charge in [0.15, 0.2) is 0 Å². The SMILES string of the molecule is COC[C@H]1C[C@@H](c2ncc(-c3ccc(-c4ccc(C5=CN=C([C@@H]6CCCN6C(=O)[C@@H](NC(=O)OC)C(C)C)C5)cc4)cc3)[nH]2)N(C(=O)[C@H](NC(=O)C2CC2)c2ccccc2)C1. The molecule has 4 aromatic rings. The van der Waals surface area contributed by atoms with E-state index in [1.165, 1.54) is 7.11 Å². The Hall–Kier alpha value is -6.08. The van der Waals surface area contributed by atoms with Gasteiger partial charge in [-0.25, -0.2) is 9.78 Å². The lowest BCUT2D eigenvalue weighted by molar-refractivity contribution is -0.138. The zero-order valence-electron chi connectivity index (χ0n) is 35.3. The van der Waals surface area contributed by atoms with Gasteiger partial charge in [0.05, 0.1) is 37.7 Å². The molecule has 1 aliphatic carbocycles. The van der Waals surface area contributed by atoms with Gasteiger partial charge in [0, 0.05) is 50.4 Å². The molecule has 4 aliphatic rings. The second-order valence-corrected chi connectivity index (χ2v) is 17.0. The number of imidazole rings is 1. The number of aromatic amines is 1. The molecular formula is C48H55N7O6. The summed E-state index contributed by atoms with van der Waals surface area (Å²) in [6, 6.07) is 24.4. The first-order valence-corrected chi connectivity index (χ1v) is 21.4. The van der Waals surface area contributed by atoms with Gasteiger partial charge < -0.3 is 34.9 Å². The van der Waals surface area contributed by atoms with Crippen molar-refractivity contribution in [2.24, 2.45) is 22.7 Å². The molecule has 0 spiro atoms. The molecule has 3 aromatic carbocycles. The standard InChI is InChI=1S/C48H55N7O6/c1-29(2)42(53-48(59)61-4)46(57)54-22-8-11-40(54)38-24-37(25-49-38)33-14-12-31(13-15-33)32-16-18-34(19-17-32)39-26-50-44(51-39)41-23-30(28-60-3)27-55(41)47(58)43(35-9-6-5-7-10-35)52-45(56)36-20-21-36/h5-7,9-10,12-19,25-26,29-30,36,40-43H,8,11,20-24,27-28H2,1-4H3,(H,50,51)(H,52,56)(H,53,59)/t30-,40-,41-,42-,43+/m0/s1. The molecule has 3 aliphatic heterocycles. The van der Waals surface area contributed by atoms with Crippen LogP contribution >= 0.6 is 0 Å². The summed E-state index contributed by atoms with van der Waals surface area (Å²) < 4.78 is 10.3. The molecule has 0 unspecified atom stereocenters. The Morgan fingerprint density at radius 1 is 0.820 bits per heavy atom. The van der Waals surface area contributed by atoms with Crippen LogP contribution in [-0.4, -0.2) is 95.3 Å². The number of amides is 4. The number of nitrogens with zero attached hydrogens (tertiary/aromatic N) is 4. The van der Waals surface area contributed by atoms with Crippen molar-refractivity contribution in [1.29, 1.82) is 0 Å². The van der Waals surface area contributed by atoms with E-state index in [1.54, 1.807) is 7.11 Å². The Morgan fingerprint density at radius 2 is 1.51 bits per heavy atom. The summed E-state index contributed by atoms with van der Waals surface area (Å²) in [6.45, 7) is 5.49. The summed E-state index contributed by atoms with van der Waals surface area (Å²) in [4.78, 5) is 69.8. The first kappa shape index (κ1) is 41.6. The van der Waals surface area contributed by atoms with E-state index in [-0.39, 0.29) is 47.6 Å². The molecule has 3 fully saturated rings. The third kappa shape index (κ3) is 9.17. The van der Waals surface area contributed by atoms with Gasteiger partial charge >= 0.3 is 6.09 Å². The van der Waals surface area contributed by atoms with Gasteiger partial charge in [-0.05, 0) is 71.4 Å². The molecule has 61 heavy (non-hydrogen) atoms. The van der Waals surface area contributed by atoms with E-state index >= 15 is 0 Å². The van der Waals surface area contributed by atoms with Gasteiger partial charge in [-0.15, -0.1) is 0 Å². The van der Waals surface area contributed by atoms with Crippen LogP contribution in [0.4, 0.5) is 4.79 Å². The summed E-state index contributed by atoms with van der Waals surface area (Å²) >= 11 is 0. The Labute approximate surface area is 357 Å². The number of alkyl carbamates (subject to hydrolysis) is 1. The number of allylic oxidation sites excluding steroid dienone is 1. The van der Waals surface area contributed by atoms with E-state index < -0.39 is 18.2 Å². The van der Waals surface area contributed by atoms with Gasteiger partial charge in [0.2, 0.25) is 17.7 Å². The predicted molar refractivity (Wildman–Crippen MR) is 233 cm³/mol. The number of H-pyrrole nitrogens is 1. The van der Waals surface area contributed by atoms with Crippen molar-refractivity contribution in [3.05, 3.63) is 108 Å². The summed E-state index contributed by atoms with van der Waals surface area (Å²) in [5.41, 5.74) is 7.90. The van der Waals surface area contributed by atoms with E-state index in [1.807, 2.05) is 66.4 Å². The largest absolute Gasteiger partial charge is 0.453 e. The lowest BCUT2D eigenvalue weighted by atomic mass is 9.95. The number of methoxy groups -OCH3 is 2. The minimum Gasteiger partial charge on any atom is -0.453 e. The van der Waals surface area contributed by atoms with Crippen molar-refractivity contribution < 1.29 is 28.7 Å². The maximum absolute atomic E-state index is 14.4. The first-order chi connectivity index (χ1) is 29.6. The molecule has 1 saturated carbocycles. The molecular weight excluding hydrogens is 771 g/mol. The normalized spacial score (nSPS) is 20.9. The Balaban J connectivity index is 0.919. The van der Waals surface area contributed by atoms with Crippen molar-refractivity contribution in [2.45, 2.75) is 76.5 Å². The Bertz CT molecular complexity index is 2280. The van der Waals surface area contributed by atoms with Crippen LogP contribution in [0.3, 0.4) is 0 Å². The topological polar surface area (TPSA) is 158 Å². The zero-order valence-corrected chi connectivity index (χ0v) is 35.3. The molecule has 1 aromatic heterocycles. The average Bonchev–Trinajstić information content (AvgIpc) is 3.67. The third-order valence-electron chi connectivity index (χ3n) is 12.5. The fourth-order valence-corrected chi connectivity index (χ4v) is 8.94. The monoisotopic (exact) mass is 825 g/mol. The smallest absolute Gasteiger partial charge is 0.407 e. The van der Waals surface area contributed by atoms with Gasteiger partial charge in [-0.1, -0.05) is 92.7 Å². The van der Waals surface area contributed by atoms with E-state index in [2.05, 4.69) is 64.1 Å². The van der Waals surface area contributed by atoms with Crippen molar-refractivity contribution in [1.82, 2.24) is 30.4 Å². The summed E-state index contributed by atoms with van der Waals surface area (Å²) in [6.07, 6.45) is 7.92. The third-order valence-corrected chi connectivity index (χ3v) is 12.5. The second kappa shape index (κ2) is 18.3. The van der Waals surface area contributed by atoms with Crippen LogP contribution in [0.5, 0.6) is 0 Å². The molecule has 4 amide bonds. The number of aliphatic imine (C=N–C) groups is 1. The maximum atomic E-state index is 14.4. The highest BCUT2D eigenvalue weighted by Gasteiger charge is 2.43. The minimum absolute atomic E-state index is 0.0234. The van der Waals surface area contributed by atoms with Crippen molar-refractivity contribution >= 4 is 35.1 Å². The lowest BCUT2D eigenvalue weighted by Gasteiger charge is -2.31. The van der Waals surface area contributed by atoms with Gasteiger partial charge in [-0.2, -0.15) is 0 Å². The minimum atomic E-state index is -0.781. The summed E-state index contributed by atoms with van der Waals surface area (Å²) in [7, 11) is 2.98. The highest BCUT2D eigenvalue weighted by molar-refractivity contribution is 6.04. The van der Waals surface area contributed by atoms with Crippen LogP contribution in [0.25, 0.3) is 28.0 Å². The van der Waals surface area contributed by atoms with E-state index in [0.717, 1.165) is 70.5 Å². The summed E-state index contributed by atoms with van der Waals surface area (Å²) in [5.74, 6) is 0.402. The molecule has 2 saturated heterocycles. The highest BCUT2D eigenvalue weighted by atomic mass is 16.5. The summed E-state index contributed by atoms with van der Waals surface area (Å²) in [5, 5.41) is 5.78. The van der Waals surface area contributed by atoms with Crippen LogP contribution < -0.4 is 10.6 Å². The van der Waals surface area contributed by atoms with E-state index in [4.69, 9.17) is 19.5 Å². The molecule has 318 valence electrons. The number of likely N-dealkylation sites (tertiary alicyclic amines) is 2. The van der Waals surface area contributed by atoms with Crippen LogP contribution in [0.2, 0.25) is 0 Å². The molecule has 13 heteroatoms. The fourth-order valence-electron chi connectivity index (χ4n) is 8.94. The van der Waals surface area contributed by atoms with Crippen LogP contribution in [-0.2, 0) is 23.9 Å². The van der Waals surface area contributed by atoms with Crippen LogP contribution in [0.1, 0.15) is 81.4 Å². The number of benzene rings is 3. The molecule has 4 heterocycles. The van der Waals surface area contributed by atoms with E-state index in [9.17, 15) is 19.2 Å². The quantitative estimate of drug-likeness (QED) is 0.122. The second-order valence-electron chi connectivity index (χ2n) is 17.0. The van der Waals surface area contributed by atoms with Crippen molar-refractivity contribution in [3.63, 3.8) is 0 Å². The molecule has 0 radical (unpaired) electrons. The van der Waals surface area contributed by atoms with Crippen molar-refractivity contribution in [2.75, 3.05) is 33.9 Å². The number of hydrogen-bond acceptors (Lipinski definition) is 8. The van der Waals surface area contributed by atoms with Crippen molar-refractivity contribution in [3.8, 4) is 22.4 Å². The van der Waals surface area contributed by atoms with Gasteiger partial charge in [0.1, 0.15) is 17.9 Å². The molecule has 3 N–H and O–H groups in total. The first-order valence-electron chi connectivity index (χ1n) is 21.4. The number of hydrogen-bond donors (Lipinski definition) is 3. The fraction of sp³-hybridized carbons (Fsp3) is 0.417.